The fourth-order valence-corrected chi connectivity index (χ4v) is 2.31. The first-order valence-corrected chi connectivity index (χ1v) is 6.42. The van der Waals surface area contributed by atoms with Crippen LogP contribution in [0.25, 0.3) is 0 Å². The molecule has 0 heterocycles. The van der Waals surface area contributed by atoms with Crippen molar-refractivity contribution >= 4 is 11.6 Å². The van der Waals surface area contributed by atoms with Crippen LogP contribution < -0.4 is 10.2 Å². The standard InChI is InChI=1S/C14H19FN2O/c1-17(13-8-4-5-11(15)9-13)14(18)10-16-12-6-2-3-7-12/h4-5,8-9,12,16H,2-3,6-7,10H2,1H3. The molecule has 0 atom stereocenters. The molecule has 1 aliphatic rings. The second-order valence-corrected chi connectivity index (χ2v) is 4.79. The van der Waals surface area contributed by atoms with E-state index in [0.29, 0.717) is 18.3 Å². The maximum atomic E-state index is 13.1. The minimum Gasteiger partial charge on any atom is -0.314 e. The molecule has 0 aliphatic heterocycles. The summed E-state index contributed by atoms with van der Waals surface area (Å²) in [5, 5.41) is 3.26. The van der Waals surface area contributed by atoms with Gasteiger partial charge >= 0.3 is 0 Å². The average Bonchev–Trinajstić information content (AvgIpc) is 2.88. The maximum absolute atomic E-state index is 13.1. The molecule has 1 amide bonds. The van der Waals surface area contributed by atoms with Crippen LogP contribution in [0.1, 0.15) is 25.7 Å². The highest BCUT2D eigenvalue weighted by Crippen LogP contribution is 2.18. The van der Waals surface area contributed by atoms with Gasteiger partial charge in [0.05, 0.1) is 6.54 Å². The van der Waals surface area contributed by atoms with Crippen LogP contribution in [0.2, 0.25) is 0 Å². The summed E-state index contributed by atoms with van der Waals surface area (Å²) in [5.74, 6) is -0.358. The molecular formula is C14H19FN2O. The largest absolute Gasteiger partial charge is 0.314 e. The molecular weight excluding hydrogens is 231 g/mol. The van der Waals surface area contributed by atoms with Crippen LogP contribution >= 0.6 is 0 Å². The first-order valence-electron chi connectivity index (χ1n) is 6.42. The van der Waals surface area contributed by atoms with Crippen LogP contribution in [-0.2, 0) is 4.79 Å². The van der Waals surface area contributed by atoms with Crippen LogP contribution in [-0.4, -0.2) is 25.5 Å². The van der Waals surface area contributed by atoms with E-state index in [-0.39, 0.29) is 11.7 Å². The lowest BCUT2D eigenvalue weighted by Crippen LogP contribution is -2.39. The molecule has 4 heteroatoms. The molecule has 1 aliphatic carbocycles. The zero-order chi connectivity index (χ0) is 13.0. The monoisotopic (exact) mass is 250 g/mol. The highest BCUT2D eigenvalue weighted by atomic mass is 19.1. The Hall–Kier alpha value is -1.42. The van der Waals surface area contributed by atoms with Crippen molar-refractivity contribution in [1.82, 2.24) is 5.32 Å². The summed E-state index contributed by atoms with van der Waals surface area (Å²) in [6.07, 6.45) is 4.78. The van der Waals surface area contributed by atoms with Crippen molar-refractivity contribution < 1.29 is 9.18 Å². The van der Waals surface area contributed by atoms with Crippen molar-refractivity contribution in [2.45, 2.75) is 31.7 Å². The normalized spacial score (nSPS) is 15.9. The summed E-state index contributed by atoms with van der Waals surface area (Å²) >= 11 is 0. The zero-order valence-electron chi connectivity index (χ0n) is 10.7. The Kier molecular flexibility index (Phi) is 4.31. The van der Waals surface area contributed by atoms with Gasteiger partial charge < -0.3 is 10.2 Å². The molecule has 1 saturated carbocycles. The molecule has 0 aromatic heterocycles. The highest BCUT2D eigenvalue weighted by molar-refractivity contribution is 5.94. The Balaban J connectivity index is 1.87. The van der Waals surface area contributed by atoms with Gasteiger partial charge in [-0.25, -0.2) is 4.39 Å². The number of hydrogen-bond donors (Lipinski definition) is 1. The minimum atomic E-state index is -0.323. The Bertz CT molecular complexity index is 416. The number of rotatable bonds is 4. The van der Waals surface area contributed by atoms with E-state index >= 15 is 0 Å². The van der Waals surface area contributed by atoms with Gasteiger partial charge in [-0.1, -0.05) is 18.9 Å². The van der Waals surface area contributed by atoms with E-state index in [9.17, 15) is 9.18 Å². The van der Waals surface area contributed by atoms with E-state index in [1.807, 2.05) is 0 Å². The van der Waals surface area contributed by atoms with E-state index in [1.54, 1.807) is 19.2 Å². The quantitative estimate of drug-likeness (QED) is 0.889. The summed E-state index contributed by atoms with van der Waals surface area (Å²) in [4.78, 5) is 13.4. The lowest BCUT2D eigenvalue weighted by Gasteiger charge is -2.19. The van der Waals surface area contributed by atoms with Crippen molar-refractivity contribution in [3.63, 3.8) is 0 Å². The topological polar surface area (TPSA) is 32.3 Å². The van der Waals surface area contributed by atoms with Crippen molar-refractivity contribution in [2.75, 3.05) is 18.5 Å². The lowest BCUT2D eigenvalue weighted by molar-refractivity contribution is -0.117. The summed E-state index contributed by atoms with van der Waals surface area (Å²) in [7, 11) is 1.67. The number of nitrogens with one attached hydrogen (secondary N) is 1. The molecule has 18 heavy (non-hydrogen) atoms. The number of amides is 1. The number of nitrogens with zero attached hydrogens (tertiary/aromatic N) is 1. The number of carbonyl (C=O) groups is 1. The molecule has 2 rings (SSSR count). The molecule has 1 aromatic rings. The van der Waals surface area contributed by atoms with Crippen LogP contribution in [0.5, 0.6) is 0 Å². The molecule has 98 valence electrons. The second-order valence-electron chi connectivity index (χ2n) is 4.79. The van der Waals surface area contributed by atoms with Crippen molar-refractivity contribution in [3.05, 3.63) is 30.1 Å². The number of anilines is 1. The van der Waals surface area contributed by atoms with Crippen LogP contribution in [0.4, 0.5) is 10.1 Å². The Morgan fingerprint density at radius 1 is 1.44 bits per heavy atom. The summed E-state index contributed by atoms with van der Waals surface area (Å²) in [6, 6.07) is 6.55. The summed E-state index contributed by atoms with van der Waals surface area (Å²) in [6.45, 7) is 0.317. The Morgan fingerprint density at radius 2 is 2.17 bits per heavy atom. The summed E-state index contributed by atoms with van der Waals surface area (Å²) in [5.41, 5.74) is 0.591. The van der Waals surface area contributed by atoms with Crippen molar-refractivity contribution in [2.24, 2.45) is 0 Å². The number of likely N-dealkylation sites (N-methyl/N-ethyl adjacent to an activating group) is 1. The van der Waals surface area contributed by atoms with Gasteiger partial charge in [-0.15, -0.1) is 0 Å². The first kappa shape index (κ1) is 13.0. The molecule has 0 saturated heterocycles. The molecule has 1 aromatic carbocycles. The number of hydrogen-bond acceptors (Lipinski definition) is 2. The Labute approximate surface area is 107 Å². The lowest BCUT2D eigenvalue weighted by atomic mass is 10.2. The fourth-order valence-electron chi connectivity index (χ4n) is 2.31. The molecule has 1 fully saturated rings. The van der Waals surface area contributed by atoms with Gasteiger partial charge in [-0.05, 0) is 31.0 Å². The SMILES string of the molecule is CN(C(=O)CNC1CCCC1)c1cccc(F)c1. The van der Waals surface area contributed by atoms with Crippen molar-refractivity contribution in [1.29, 1.82) is 0 Å². The van der Waals surface area contributed by atoms with Gasteiger partial charge in [0, 0.05) is 18.8 Å². The first-order chi connectivity index (χ1) is 8.66. The van der Waals surface area contributed by atoms with E-state index in [2.05, 4.69) is 5.32 Å². The van der Waals surface area contributed by atoms with Gasteiger partial charge in [0.1, 0.15) is 5.82 Å². The number of carbonyl (C=O) groups excluding carboxylic acids is 1. The fraction of sp³-hybridized carbons (Fsp3) is 0.500. The van der Waals surface area contributed by atoms with Gasteiger partial charge in [0.25, 0.3) is 0 Å². The predicted molar refractivity (Wildman–Crippen MR) is 70.1 cm³/mol. The molecule has 0 unspecified atom stereocenters. The van der Waals surface area contributed by atoms with E-state index < -0.39 is 0 Å². The minimum absolute atomic E-state index is 0.0347. The van der Waals surface area contributed by atoms with Crippen LogP contribution in [0.3, 0.4) is 0 Å². The number of halogens is 1. The van der Waals surface area contributed by atoms with Crippen molar-refractivity contribution in [3.8, 4) is 0 Å². The Morgan fingerprint density at radius 3 is 2.83 bits per heavy atom. The average molecular weight is 250 g/mol. The smallest absolute Gasteiger partial charge is 0.240 e. The predicted octanol–water partition coefficient (Wildman–Crippen LogP) is 2.32. The van der Waals surface area contributed by atoms with E-state index in [0.717, 1.165) is 12.8 Å². The maximum Gasteiger partial charge on any atom is 0.240 e. The zero-order valence-corrected chi connectivity index (χ0v) is 10.7. The third kappa shape index (κ3) is 3.29. The number of benzene rings is 1. The third-order valence-electron chi connectivity index (χ3n) is 3.47. The van der Waals surface area contributed by atoms with Crippen LogP contribution in [0.15, 0.2) is 24.3 Å². The van der Waals surface area contributed by atoms with E-state index in [4.69, 9.17) is 0 Å². The highest BCUT2D eigenvalue weighted by Gasteiger charge is 2.17. The van der Waals surface area contributed by atoms with Gasteiger partial charge in [0.15, 0.2) is 0 Å². The molecule has 3 nitrogen and oxygen atoms in total. The molecule has 1 N–H and O–H groups in total. The second kappa shape index (κ2) is 5.96. The van der Waals surface area contributed by atoms with Gasteiger partial charge in [0.2, 0.25) is 5.91 Å². The van der Waals surface area contributed by atoms with E-state index in [1.165, 1.54) is 29.9 Å². The third-order valence-corrected chi connectivity index (χ3v) is 3.47. The molecule has 0 radical (unpaired) electrons. The van der Waals surface area contributed by atoms with Crippen LogP contribution in [0, 0.1) is 5.82 Å². The van der Waals surface area contributed by atoms with Gasteiger partial charge in [-0.2, -0.15) is 0 Å². The molecule has 0 spiro atoms. The molecule has 0 bridgehead atoms. The van der Waals surface area contributed by atoms with Gasteiger partial charge in [-0.3, -0.25) is 4.79 Å². The summed E-state index contributed by atoms with van der Waals surface area (Å²) < 4.78 is 13.1.